The summed E-state index contributed by atoms with van der Waals surface area (Å²) in [6.07, 6.45) is 4.33. The van der Waals surface area contributed by atoms with Crippen LogP contribution in [-0.4, -0.2) is 18.8 Å². The molecule has 3 heteroatoms. The van der Waals surface area contributed by atoms with Crippen LogP contribution < -0.4 is 10.6 Å². The molecule has 36 heavy (non-hydrogen) atoms. The lowest BCUT2D eigenvalue weighted by molar-refractivity contribution is 0.866. The van der Waals surface area contributed by atoms with Crippen LogP contribution in [0, 0.1) is 0 Å². The highest BCUT2D eigenvalue weighted by molar-refractivity contribution is 6.19. The molecule has 1 aliphatic carbocycles. The summed E-state index contributed by atoms with van der Waals surface area (Å²) in [5.41, 5.74) is 16.9. The molecule has 0 saturated carbocycles. The molecule has 0 aliphatic heterocycles. The van der Waals surface area contributed by atoms with Gasteiger partial charge in [-0.15, -0.1) is 0 Å². The number of hydrogen-bond acceptors (Lipinski definition) is 3. The highest BCUT2D eigenvalue weighted by Gasteiger charge is 2.20. The molecule has 178 valence electrons. The van der Waals surface area contributed by atoms with Crippen molar-refractivity contribution in [1.29, 1.82) is 0 Å². The highest BCUT2D eigenvalue weighted by Crippen LogP contribution is 2.38. The Morgan fingerprint density at radius 1 is 0.667 bits per heavy atom. The topological polar surface area (TPSA) is 41.6 Å². The molecule has 0 unspecified atom stereocenters. The van der Waals surface area contributed by atoms with Crippen molar-refractivity contribution in [3.05, 3.63) is 138 Å². The summed E-state index contributed by atoms with van der Waals surface area (Å²) in [5.74, 6) is 0. The maximum Gasteiger partial charge on any atom is 0.0715 e. The number of nitrogen functional groups attached to an aromatic ring is 1. The van der Waals surface area contributed by atoms with Crippen molar-refractivity contribution in [3.63, 3.8) is 0 Å². The van der Waals surface area contributed by atoms with Crippen LogP contribution in [-0.2, 0) is 0 Å². The average molecular weight is 470 g/mol. The van der Waals surface area contributed by atoms with Gasteiger partial charge in [0.05, 0.1) is 11.4 Å². The quantitative estimate of drug-likeness (QED) is 0.293. The number of rotatable bonds is 6. The van der Waals surface area contributed by atoms with Gasteiger partial charge in [-0.05, 0) is 84.2 Å². The Bertz CT molecular complexity index is 1420. The molecule has 0 fully saturated rings. The monoisotopic (exact) mass is 469 g/mol. The first kappa shape index (κ1) is 23.4. The molecule has 0 radical (unpaired) electrons. The van der Waals surface area contributed by atoms with E-state index in [0.717, 1.165) is 41.3 Å². The van der Waals surface area contributed by atoms with Crippen LogP contribution in [0.15, 0.2) is 120 Å². The number of fused-ring (bicyclic) bond motifs is 1. The van der Waals surface area contributed by atoms with Crippen molar-refractivity contribution in [1.82, 2.24) is 0 Å². The number of hydrogen-bond donors (Lipinski definition) is 1. The summed E-state index contributed by atoms with van der Waals surface area (Å²) < 4.78 is 0. The fourth-order valence-electron chi connectivity index (χ4n) is 4.80. The molecule has 4 aromatic rings. The molecular formula is C33H31N3. The second kappa shape index (κ2) is 10.5. The zero-order chi connectivity index (χ0) is 24.9. The molecule has 1 aliphatic rings. The first-order chi connectivity index (χ1) is 17.7. The van der Waals surface area contributed by atoms with Crippen molar-refractivity contribution in [3.8, 4) is 0 Å². The SMILES string of the molecule is CCN(CC)c1ccc(C(=C2C=CC(=Nc3ccccc3)c3ccccc32)c2ccc(N)cc2)cc1. The van der Waals surface area contributed by atoms with E-state index in [1.165, 1.54) is 28.0 Å². The lowest BCUT2D eigenvalue weighted by Crippen LogP contribution is -2.21. The van der Waals surface area contributed by atoms with Crippen molar-refractivity contribution in [2.75, 3.05) is 23.7 Å². The average Bonchev–Trinajstić information content (AvgIpc) is 2.93. The number of benzene rings is 4. The van der Waals surface area contributed by atoms with Gasteiger partial charge in [0.15, 0.2) is 0 Å². The summed E-state index contributed by atoms with van der Waals surface area (Å²) >= 11 is 0. The summed E-state index contributed by atoms with van der Waals surface area (Å²) in [4.78, 5) is 7.31. The largest absolute Gasteiger partial charge is 0.399 e. The van der Waals surface area contributed by atoms with E-state index < -0.39 is 0 Å². The van der Waals surface area contributed by atoms with E-state index in [-0.39, 0.29) is 0 Å². The Kier molecular flexibility index (Phi) is 6.81. The van der Waals surface area contributed by atoms with E-state index in [4.69, 9.17) is 10.7 Å². The fourth-order valence-corrected chi connectivity index (χ4v) is 4.80. The summed E-state index contributed by atoms with van der Waals surface area (Å²) in [5, 5.41) is 0. The fraction of sp³-hybridized carbons (Fsp3) is 0.121. The van der Waals surface area contributed by atoms with E-state index >= 15 is 0 Å². The summed E-state index contributed by atoms with van der Waals surface area (Å²) in [7, 11) is 0. The third-order valence-electron chi connectivity index (χ3n) is 6.66. The van der Waals surface area contributed by atoms with Gasteiger partial charge in [0.25, 0.3) is 0 Å². The van der Waals surface area contributed by atoms with Gasteiger partial charge in [0.1, 0.15) is 0 Å². The van der Waals surface area contributed by atoms with Crippen LogP contribution in [0.5, 0.6) is 0 Å². The Morgan fingerprint density at radius 3 is 1.89 bits per heavy atom. The lowest BCUT2D eigenvalue weighted by Gasteiger charge is -2.23. The molecule has 5 rings (SSSR count). The minimum absolute atomic E-state index is 0.761. The maximum absolute atomic E-state index is 6.04. The number of nitrogens with zero attached hydrogens (tertiary/aromatic N) is 2. The van der Waals surface area contributed by atoms with Crippen LogP contribution in [0.25, 0.3) is 11.1 Å². The van der Waals surface area contributed by atoms with E-state index in [1.807, 2.05) is 42.5 Å². The molecule has 0 atom stereocenters. The number of para-hydroxylation sites is 1. The molecule has 0 spiro atoms. The van der Waals surface area contributed by atoms with Gasteiger partial charge < -0.3 is 10.6 Å². The van der Waals surface area contributed by atoms with E-state index in [0.29, 0.717) is 0 Å². The van der Waals surface area contributed by atoms with Gasteiger partial charge in [-0.3, -0.25) is 0 Å². The molecule has 0 amide bonds. The Balaban J connectivity index is 1.69. The second-order valence-corrected chi connectivity index (χ2v) is 8.84. The molecule has 0 saturated heterocycles. The number of anilines is 2. The first-order valence-electron chi connectivity index (χ1n) is 12.5. The molecule has 2 N–H and O–H groups in total. The van der Waals surface area contributed by atoms with Crippen LogP contribution in [0.2, 0.25) is 0 Å². The van der Waals surface area contributed by atoms with Gasteiger partial charge >= 0.3 is 0 Å². The summed E-state index contributed by atoms with van der Waals surface area (Å²) in [6, 6.07) is 35.7. The van der Waals surface area contributed by atoms with Crippen LogP contribution in [0.4, 0.5) is 17.1 Å². The molecule has 4 aromatic carbocycles. The normalized spacial score (nSPS) is 15.0. The van der Waals surface area contributed by atoms with E-state index in [9.17, 15) is 0 Å². The number of nitrogens with two attached hydrogens (primary N) is 1. The van der Waals surface area contributed by atoms with Gasteiger partial charge in [0.2, 0.25) is 0 Å². The predicted octanol–water partition coefficient (Wildman–Crippen LogP) is 7.76. The maximum atomic E-state index is 6.04. The lowest BCUT2D eigenvalue weighted by atomic mass is 9.83. The number of allylic oxidation sites excluding steroid dienone is 3. The third kappa shape index (κ3) is 4.73. The Hall–Kier alpha value is -4.37. The Labute approximate surface area is 213 Å². The first-order valence-corrected chi connectivity index (χ1v) is 12.5. The van der Waals surface area contributed by atoms with Crippen LogP contribution in [0.3, 0.4) is 0 Å². The minimum Gasteiger partial charge on any atom is -0.399 e. The smallest absolute Gasteiger partial charge is 0.0715 e. The third-order valence-corrected chi connectivity index (χ3v) is 6.66. The number of aliphatic imine (C=N–C) groups is 1. The predicted molar refractivity (Wildman–Crippen MR) is 155 cm³/mol. The molecular weight excluding hydrogens is 438 g/mol. The zero-order valence-corrected chi connectivity index (χ0v) is 20.9. The van der Waals surface area contributed by atoms with Crippen molar-refractivity contribution >= 4 is 33.9 Å². The van der Waals surface area contributed by atoms with Gasteiger partial charge in [-0.25, -0.2) is 4.99 Å². The Morgan fingerprint density at radius 2 is 1.25 bits per heavy atom. The van der Waals surface area contributed by atoms with Crippen LogP contribution in [0.1, 0.15) is 36.1 Å². The van der Waals surface area contributed by atoms with Gasteiger partial charge in [-0.1, -0.05) is 72.8 Å². The van der Waals surface area contributed by atoms with Crippen LogP contribution >= 0.6 is 0 Å². The van der Waals surface area contributed by atoms with Crippen molar-refractivity contribution in [2.24, 2.45) is 4.99 Å². The minimum atomic E-state index is 0.761. The molecule has 3 nitrogen and oxygen atoms in total. The molecule has 0 aromatic heterocycles. The van der Waals surface area contributed by atoms with E-state index in [1.54, 1.807) is 0 Å². The molecule has 0 heterocycles. The second-order valence-electron chi connectivity index (χ2n) is 8.84. The van der Waals surface area contributed by atoms with Crippen molar-refractivity contribution < 1.29 is 0 Å². The molecule has 0 bridgehead atoms. The van der Waals surface area contributed by atoms with Gasteiger partial charge in [-0.2, -0.15) is 0 Å². The zero-order valence-electron chi connectivity index (χ0n) is 20.9. The summed E-state index contributed by atoms with van der Waals surface area (Å²) in [6.45, 7) is 6.36. The highest BCUT2D eigenvalue weighted by atomic mass is 15.1. The van der Waals surface area contributed by atoms with Gasteiger partial charge in [0, 0.05) is 30.0 Å². The van der Waals surface area contributed by atoms with Crippen molar-refractivity contribution in [2.45, 2.75) is 13.8 Å². The van der Waals surface area contributed by atoms with E-state index in [2.05, 4.69) is 91.6 Å². The standard InChI is InChI=1S/C33H31N3/c1-3-36(4-2)28-20-16-25(17-21-28)33(24-14-18-26(34)19-15-24)31-22-23-32(30-13-9-8-12-29(30)31)35-27-10-6-5-7-11-27/h5-23H,3-4,34H2,1-2H3.